The van der Waals surface area contributed by atoms with Crippen LogP contribution in [0.4, 0.5) is 19.0 Å². The molecule has 2 fully saturated rings. The third-order valence-corrected chi connectivity index (χ3v) is 7.72. The van der Waals surface area contributed by atoms with Gasteiger partial charge in [-0.15, -0.1) is 0 Å². The first-order chi connectivity index (χ1) is 22.3. The van der Waals surface area contributed by atoms with E-state index in [4.69, 9.17) is 9.47 Å². The number of aromatic nitrogens is 2. The number of alkyl halides is 2. The van der Waals surface area contributed by atoms with Crippen molar-refractivity contribution in [2.24, 2.45) is 0 Å². The lowest BCUT2D eigenvalue weighted by atomic mass is 9.95. The zero-order chi connectivity index (χ0) is 34.0. The van der Waals surface area contributed by atoms with Gasteiger partial charge < -0.3 is 29.6 Å². The van der Waals surface area contributed by atoms with E-state index >= 15 is 4.39 Å². The quantitative estimate of drug-likeness (QED) is 0.292. The summed E-state index contributed by atoms with van der Waals surface area (Å²) in [4.78, 5) is 45.5. The van der Waals surface area contributed by atoms with Gasteiger partial charge in [0, 0.05) is 44.1 Å². The third kappa shape index (κ3) is 7.81. The number of carbonyl (C=O) groups excluding carboxylic acids is 2. The number of hydrogen-bond donors (Lipinski definition) is 2. The lowest BCUT2D eigenvalue weighted by Crippen LogP contribution is -2.58. The van der Waals surface area contributed by atoms with Crippen molar-refractivity contribution in [3.05, 3.63) is 75.0 Å². The highest BCUT2D eigenvalue weighted by Crippen LogP contribution is 2.36. The van der Waals surface area contributed by atoms with Crippen LogP contribution in [-0.2, 0) is 11.3 Å². The molecule has 3 aromatic rings. The lowest BCUT2D eigenvalue weighted by molar-refractivity contribution is -0.113. The molecule has 0 unspecified atom stereocenters. The van der Waals surface area contributed by atoms with Crippen molar-refractivity contribution >= 4 is 17.6 Å². The van der Waals surface area contributed by atoms with E-state index in [1.54, 1.807) is 37.8 Å². The van der Waals surface area contributed by atoms with Crippen molar-refractivity contribution in [1.82, 2.24) is 19.8 Å². The Labute approximate surface area is 269 Å². The molecule has 14 heteroatoms. The first-order valence-corrected chi connectivity index (χ1v) is 15.2. The maximum atomic E-state index is 15.7. The summed E-state index contributed by atoms with van der Waals surface area (Å²) in [5.74, 6) is -5.84. The maximum absolute atomic E-state index is 15.7. The summed E-state index contributed by atoms with van der Waals surface area (Å²) in [6.45, 7) is 4.58. The molecule has 47 heavy (non-hydrogen) atoms. The second kappa shape index (κ2) is 13.5. The Bertz CT molecular complexity index is 1790. The van der Waals surface area contributed by atoms with Gasteiger partial charge >= 0.3 is 0 Å². The SMILES string of the molecule is CO[C@@H](C)CNCc1cc(C(=O)Nc2cc(-c3c(F)cc(C#N)cc3C(=O)N3CC(F)(F)C3)cc(OC(C)C)n2)c(=O)n(C2CC2)c1. The molecular formula is C33H35F3N6O5. The molecule has 1 saturated carbocycles. The Morgan fingerprint density at radius 1 is 1.13 bits per heavy atom. The highest BCUT2D eigenvalue weighted by molar-refractivity contribution is 6.05. The van der Waals surface area contributed by atoms with E-state index in [0.717, 1.165) is 29.9 Å². The summed E-state index contributed by atoms with van der Waals surface area (Å²) in [5.41, 5.74) is -0.656. The molecule has 1 aliphatic heterocycles. The first-order valence-electron chi connectivity index (χ1n) is 15.2. The summed E-state index contributed by atoms with van der Waals surface area (Å²) in [5, 5.41) is 15.3. The molecule has 1 saturated heterocycles. The predicted molar refractivity (Wildman–Crippen MR) is 166 cm³/mol. The summed E-state index contributed by atoms with van der Waals surface area (Å²) in [6, 6.07) is 7.94. The first kappa shape index (κ1) is 33.6. The van der Waals surface area contributed by atoms with Crippen LogP contribution in [0.2, 0.25) is 0 Å². The molecule has 1 atom stereocenters. The average molecular weight is 653 g/mol. The number of methoxy groups -OCH3 is 1. The van der Waals surface area contributed by atoms with Crippen molar-refractivity contribution in [3.63, 3.8) is 0 Å². The minimum Gasteiger partial charge on any atom is -0.475 e. The van der Waals surface area contributed by atoms with Gasteiger partial charge in [-0.2, -0.15) is 10.2 Å². The predicted octanol–water partition coefficient (Wildman–Crippen LogP) is 4.51. The third-order valence-electron chi connectivity index (χ3n) is 7.72. The van der Waals surface area contributed by atoms with Crippen molar-refractivity contribution in [2.75, 3.05) is 32.1 Å². The number of ether oxygens (including phenoxy) is 2. The van der Waals surface area contributed by atoms with E-state index in [0.29, 0.717) is 18.7 Å². The fourth-order valence-corrected chi connectivity index (χ4v) is 5.21. The fourth-order valence-electron chi connectivity index (χ4n) is 5.21. The largest absolute Gasteiger partial charge is 0.475 e. The number of anilines is 1. The van der Waals surface area contributed by atoms with Crippen molar-refractivity contribution in [1.29, 1.82) is 5.26 Å². The highest BCUT2D eigenvalue weighted by Gasteiger charge is 2.47. The smallest absolute Gasteiger partial charge is 0.282 e. The Morgan fingerprint density at radius 2 is 1.85 bits per heavy atom. The van der Waals surface area contributed by atoms with Crippen LogP contribution in [0.15, 0.2) is 41.3 Å². The summed E-state index contributed by atoms with van der Waals surface area (Å²) < 4.78 is 55.5. The Balaban J connectivity index is 1.52. The molecule has 2 aliphatic rings. The van der Waals surface area contributed by atoms with Gasteiger partial charge in [0.25, 0.3) is 23.3 Å². The normalized spacial score (nSPS) is 15.9. The Morgan fingerprint density at radius 3 is 2.47 bits per heavy atom. The summed E-state index contributed by atoms with van der Waals surface area (Å²) in [6.07, 6.45) is 2.91. The van der Waals surface area contributed by atoms with Crippen molar-refractivity contribution < 1.29 is 32.2 Å². The number of likely N-dealkylation sites (tertiary alicyclic amines) is 1. The molecule has 5 rings (SSSR count). The van der Waals surface area contributed by atoms with E-state index in [-0.39, 0.29) is 51.7 Å². The number of rotatable bonds is 12. The number of benzene rings is 1. The van der Waals surface area contributed by atoms with Gasteiger partial charge in [-0.25, -0.2) is 13.2 Å². The zero-order valence-electron chi connectivity index (χ0n) is 26.4. The number of nitriles is 1. The van der Waals surface area contributed by atoms with E-state index in [1.165, 1.54) is 18.2 Å². The number of hydrogen-bond acceptors (Lipinski definition) is 8. The highest BCUT2D eigenvalue weighted by atomic mass is 19.3. The van der Waals surface area contributed by atoms with Crippen LogP contribution >= 0.6 is 0 Å². The van der Waals surface area contributed by atoms with Gasteiger partial charge in [0.15, 0.2) is 0 Å². The molecular weight excluding hydrogens is 617 g/mol. The summed E-state index contributed by atoms with van der Waals surface area (Å²) >= 11 is 0. The second-order valence-corrected chi connectivity index (χ2v) is 12.1. The number of amides is 2. The Kier molecular flexibility index (Phi) is 9.69. The molecule has 11 nitrogen and oxygen atoms in total. The van der Waals surface area contributed by atoms with Crippen LogP contribution in [0.5, 0.6) is 5.88 Å². The van der Waals surface area contributed by atoms with Crippen molar-refractivity contribution in [2.45, 2.75) is 64.3 Å². The number of pyridine rings is 2. The molecule has 1 aliphatic carbocycles. The molecule has 0 bridgehead atoms. The molecule has 2 N–H and O–H groups in total. The molecule has 0 radical (unpaired) electrons. The minimum absolute atomic E-state index is 0.0129. The number of nitrogens with one attached hydrogen (secondary N) is 2. The van der Waals surface area contributed by atoms with Crippen LogP contribution in [-0.4, -0.2) is 71.1 Å². The van der Waals surface area contributed by atoms with E-state index < -0.39 is 48.3 Å². The van der Waals surface area contributed by atoms with Gasteiger partial charge in [-0.05, 0) is 69.0 Å². The minimum atomic E-state index is -3.07. The molecule has 0 spiro atoms. The van der Waals surface area contributed by atoms with Gasteiger partial charge in [0.05, 0.1) is 42.5 Å². The van der Waals surface area contributed by atoms with Crippen LogP contribution in [0.25, 0.3) is 11.1 Å². The average Bonchev–Trinajstić information content (AvgIpc) is 3.84. The van der Waals surface area contributed by atoms with Crippen LogP contribution in [0, 0.1) is 17.1 Å². The second-order valence-electron chi connectivity index (χ2n) is 12.1. The molecule has 248 valence electrons. The zero-order valence-corrected chi connectivity index (χ0v) is 26.4. The van der Waals surface area contributed by atoms with Crippen LogP contribution < -0.4 is 20.9 Å². The fraction of sp³-hybridized carbons (Fsp3) is 0.424. The molecule has 1 aromatic carbocycles. The van der Waals surface area contributed by atoms with E-state index in [9.17, 15) is 28.4 Å². The van der Waals surface area contributed by atoms with Crippen LogP contribution in [0.1, 0.15) is 71.5 Å². The van der Waals surface area contributed by atoms with E-state index in [1.807, 2.05) is 6.92 Å². The van der Waals surface area contributed by atoms with Crippen molar-refractivity contribution in [3.8, 4) is 23.1 Å². The maximum Gasteiger partial charge on any atom is 0.282 e. The van der Waals surface area contributed by atoms with Gasteiger partial charge in [0.1, 0.15) is 17.2 Å². The summed E-state index contributed by atoms with van der Waals surface area (Å²) in [7, 11) is 1.60. The standard InChI is InChI=1S/C33H35F3N6O5/c1-18(2)47-28-11-22(29-24(7-20(12-37)9-26(29)34)31(44)41-16-33(35,36)17-41)10-27(39-28)40-30(43)25-8-21(14-38-13-19(3)46-4)15-42(32(25)45)23-5-6-23/h7-11,15,18-19,23,38H,5-6,13-14,16-17H2,1-4H3,(H,39,40,43)/t19-/m0/s1. The number of halogens is 3. The van der Waals surface area contributed by atoms with Gasteiger partial charge in [-0.3, -0.25) is 14.4 Å². The topological polar surface area (TPSA) is 139 Å². The lowest BCUT2D eigenvalue weighted by Gasteiger charge is -2.39. The molecule has 2 aromatic heterocycles. The Hall–Kier alpha value is -4.74. The van der Waals surface area contributed by atoms with E-state index in [2.05, 4.69) is 15.6 Å². The van der Waals surface area contributed by atoms with Crippen LogP contribution in [0.3, 0.4) is 0 Å². The number of carbonyl (C=O) groups is 2. The van der Waals surface area contributed by atoms with Gasteiger partial charge in [0.2, 0.25) is 5.88 Å². The molecule has 3 heterocycles. The molecule has 2 amide bonds. The monoisotopic (exact) mass is 652 g/mol. The van der Waals surface area contributed by atoms with Gasteiger partial charge in [-0.1, -0.05) is 0 Å². The number of nitrogens with zero attached hydrogens (tertiary/aromatic N) is 4.